The van der Waals surface area contributed by atoms with E-state index < -0.39 is 0 Å². The van der Waals surface area contributed by atoms with Crippen molar-refractivity contribution in [3.63, 3.8) is 0 Å². The second-order valence-corrected chi connectivity index (χ2v) is 5.22. The third kappa shape index (κ3) is 2.46. The number of aromatic nitrogens is 3. The van der Waals surface area contributed by atoms with E-state index in [4.69, 9.17) is 0 Å². The quantitative estimate of drug-likeness (QED) is 0.685. The van der Waals surface area contributed by atoms with Gasteiger partial charge in [0, 0.05) is 19.0 Å². The Balaban J connectivity index is 1.85. The molecule has 0 aliphatic heterocycles. The molecule has 0 spiro atoms. The van der Waals surface area contributed by atoms with Gasteiger partial charge in [-0.3, -0.25) is 0 Å². The van der Waals surface area contributed by atoms with Gasteiger partial charge in [0.25, 0.3) is 0 Å². The fraction of sp³-hybridized carbons (Fsp3) is 0.143. The number of rotatable bonds is 3. The molecule has 0 radical (unpaired) electrons. The number of nitrogens with zero attached hydrogens (tertiary/aromatic N) is 3. The molecule has 0 aliphatic carbocycles. The summed E-state index contributed by atoms with van der Waals surface area (Å²) in [6.07, 6.45) is 3.55. The van der Waals surface area contributed by atoms with Crippen LogP contribution in [0.1, 0.15) is 5.56 Å². The zero-order valence-corrected chi connectivity index (χ0v) is 11.2. The van der Waals surface area contributed by atoms with E-state index in [1.807, 2.05) is 17.7 Å². The molecule has 19 heavy (non-hydrogen) atoms. The molecule has 5 heteroatoms. The number of hydrogen-bond donors (Lipinski definition) is 0. The molecule has 0 amide bonds. The Hall–Kier alpha value is -1.88. The monoisotopic (exact) mass is 273 g/mol. The lowest BCUT2D eigenvalue weighted by Crippen LogP contribution is -1.90. The number of aryl methyl sites for hydroxylation is 1. The lowest BCUT2D eigenvalue weighted by Gasteiger charge is -2.04. The molecule has 3 rings (SSSR count). The van der Waals surface area contributed by atoms with Gasteiger partial charge in [-0.15, -0.1) is 0 Å². The van der Waals surface area contributed by atoms with Gasteiger partial charge in [-0.05, 0) is 23.8 Å². The Bertz CT molecular complexity index is 706. The number of halogens is 1. The van der Waals surface area contributed by atoms with Crippen LogP contribution in [0.4, 0.5) is 4.39 Å². The number of thioether (sulfide) groups is 1. The van der Waals surface area contributed by atoms with Crippen LogP contribution in [0.15, 0.2) is 47.9 Å². The summed E-state index contributed by atoms with van der Waals surface area (Å²) in [4.78, 5) is 8.71. The molecule has 3 aromatic rings. The van der Waals surface area contributed by atoms with Crippen LogP contribution in [0, 0.1) is 5.82 Å². The smallest absolute Gasteiger partial charge is 0.123 e. The Morgan fingerprint density at radius 1 is 1.16 bits per heavy atom. The van der Waals surface area contributed by atoms with Crippen LogP contribution in [0.2, 0.25) is 0 Å². The normalized spacial score (nSPS) is 11.1. The van der Waals surface area contributed by atoms with Crippen LogP contribution in [0.3, 0.4) is 0 Å². The van der Waals surface area contributed by atoms with E-state index in [-0.39, 0.29) is 5.82 Å². The van der Waals surface area contributed by atoms with Crippen molar-refractivity contribution < 1.29 is 4.39 Å². The molecule has 2 heterocycles. The fourth-order valence-electron chi connectivity index (χ4n) is 1.91. The van der Waals surface area contributed by atoms with Crippen LogP contribution < -0.4 is 0 Å². The summed E-state index contributed by atoms with van der Waals surface area (Å²) in [5.74, 6) is 0.554. The molecule has 1 aromatic carbocycles. The first-order chi connectivity index (χ1) is 9.24. The van der Waals surface area contributed by atoms with Crippen LogP contribution in [0.5, 0.6) is 0 Å². The first kappa shape index (κ1) is 12.2. The topological polar surface area (TPSA) is 30.7 Å². The van der Waals surface area contributed by atoms with Gasteiger partial charge in [-0.1, -0.05) is 23.9 Å². The average Bonchev–Trinajstić information content (AvgIpc) is 2.81. The van der Waals surface area contributed by atoms with E-state index in [1.54, 1.807) is 36.4 Å². The van der Waals surface area contributed by atoms with Crippen molar-refractivity contribution >= 4 is 22.8 Å². The maximum Gasteiger partial charge on any atom is 0.123 e. The second kappa shape index (κ2) is 5.01. The molecular formula is C14H12FN3S. The van der Waals surface area contributed by atoms with Gasteiger partial charge in [0.1, 0.15) is 16.4 Å². The van der Waals surface area contributed by atoms with Gasteiger partial charge in [0.05, 0.1) is 11.8 Å². The van der Waals surface area contributed by atoms with Gasteiger partial charge >= 0.3 is 0 Å². The van der Waals surface area contributed by atoms with Crippen molar-refractivity contribution in [2.75, 3.05) is 0 Å². The van der Waals surface area contributed by atoms with Gasteiger partial charge in [-0.2, -0.15) is 0 Å². The standard InChI is InChI=1S/C14H12FN3S/c1-18-9-17-12-6-7-16-14(13(12)18)19-8-10-2-4-11(15)5-3-10/h2-7,9H,8H2,1H3. The third-order valence-corrected chi connectivity index (χ3v) is 3.93. The Morgan fingerprint density at radius 3 is 2.74 bits per heavy atom. The molecular weight excluding hydrogens is 261 g/mol. The van der Waals surface area contributed by atoms with Crippen molar-refractivity contribution in [2.24, 2.45) is 7.05 Å². The molecule has 0 atom stereocenters. The second-order valence-electron chi connectivity index (χ2n) is 4.25. The van der Waals surface area contributed by atoms with Crippen molar-refractivity contribution in [1.82, 2.24) is 14.5 Å². The highest BCUT2D eigenvalue weighted by Gasteiger charge is 2.08. The minimum absolute atomic E-state index is 0.208. The maximum atomic E-state index is 12.8. The molecule has 0 bridgehead atoms. The van der Waals surface area contributed by atoms with Crippen LogP contribution in [-0.2, 0) is 12.8 Å². The summed E-state index contributed by atoms with van der Waals surface area (Å²) in [6.45, 7) is 0. The Labute approximate surface area is 114 Å². The largest absolute Gasteiger partial charge is 0.332 e. The highest BCUT2D eigenvalue weighted by Crippen LogP contribution is 2.27. The SMILES string of the molecule is Cn1cnc2ccnc(SCc3ccc(F)cc3)c21. The number of pyridine rings is 1. The van der Waals surface area contributed by atoms with Crippen molar-refractivity contribution in [1.29, 1.82) is 0 Å². The van der Waals surface area contributed by atoms with Crippen LogP contribution >= 0.6 is 11.8 Å². The van der Waals surface area contributed by atoms with Crippen molar-refractivity contribution in [3.05, 3.63) is 54.2 Å². The number of imidazole rings is 1. The highest BCUT2D eigenvalue weighted by atomic mass is 32.2. The first-order valence-electron chi connectivity index (χ1n) is 5.87. The number of hydrogen-bond acceptors (Lipinski definition) is 3. The summed E-state index contributed by atoms with van der Waals surface area (Å²) in [6, 6.07) is 8.46. The van der Waals surface area contributed by atoms with Gasteiger partial charge in [0.2, 0.25) is 0 Å². The maximum absolute atomic E-state index is 12.8. The van der Waals surface area contributed by atoms with Crippen molar-refractivity contribution in [3.8, 4) is 0 Å². The van der Waals surface area contributed by atoms with E-state index >= 15 is 0 Å². The molecule has 0 N–H and O–H groups in total. The summed E-state index contributed by atoms with van der Waals surface area (Å²) < 4.78 is 14.8. The highest BCUT2D eigenvalue weighted by molar-refractivity contribution is 7.98. The van der Waals surface area contributed by atoms with E-state index in [0.29, 0.717) is 0 Å². The van der Waals surface area contributed by atoms with Crippen LogP contribution in [0.25, 0.3) is 11.0 Å². The molecule has 0 aliphatic rings. The zero-order chi connectivity index (χ0) is 13.2. The van der Waals surface area contributed by atoms with Gasteiger partial charge < -0.3 is 4.57 Å². The zero-order valence-electron chi connectivity index (χ0n) is 10.4. The molecule has 96 valence electrons. The van der Waals surface area contributed by atoms with E-state index in [9.17, 15) is 4.39 Å². The fourth-order valence-corrected chi connectivity index (χ4v) is 2.92. The summed E-state index contributed by atoms with van der Waals surface area (Å²) in [5, 5.41) is 0.946. The van der Waals surface area contributed by atoms with Gasteiger partial charge in [-0.25, -0.2) is 14.4 Å². The predicted octanol–water partition coefficient (Wildman–Crippen LogP) is 3.40. The van der Waals surface area contributed by atoms with E-state index in [2.05, 4.69) is 9.97 Å². The molecule has 0 unspecified atom stereocenters. The Morgan fingerprint density at radius 2 is 1.95 bits per heavy atom. The predicted molar refractivity (Wildman–Crippen MR) is 74.5 cm³/mol. The minimum atomic E-state index is -0.208. The first-order valence-corrected chi connectivity index (χ1v) is 6.86. The summed E-state index contributed by atoms with van der Waals surface area (Å²) >= 11 is 1.63. The van der Waals surface area contributed by atoms with Gasteiger partial charge in [0.15, 0.2) is 0 Å². The van der Waals surface area contributed by atoms with E-state index in [0.717, 1.165) is 27.4 Å². The third-order valence-electron chi connectivity index (χ3n) is 2.88. The summed E-state index contributed by atoms with van der Waals surface area (Å²) in [5.41, 5.74) is 3.06. The minimum Gasteiger partial charge on any atom is -0.332 e. The molecule has 0 saturated carbocycles. The molecule has 3 nitrogen and oxygen atoms in total. The summed E-state index contributed by atoms with van der Waals surface area (Å²) in [7, 11) is 1.96. The molecule has 2 aromatic heterocycles. The molecule has 0 fully saturated rings. The lowest BCUT2D eigenvalue weighted by molar-refractivity contribution is 0.627. The van der Waals surface area contributed by atoms with Crippen LogP contribution in [-0.4, -0.2) is 14.5 Å². The number of benzene rings is 1. The van der Waals surface area contributed by atoms with E-state index in [1.165, 1.54) is 12.1 Å². The molecule has 0 saturated heterocycles. The number of fused-ring (bicyclic) bond motifs is 1. The average molecular weight is 273 g/mol. The Kier molecular flexibility index (Phi) is 3.21. The lowest BCUT2D eigenvalue weighted by atomic mass is 10.2. The van der Waals surface area contributed by atoms with Crippen molar-refractivity contribution in [2.45, 2.75) is 10.8 Å².